The van der Waals surface area contributed by atoms with Gasteiger partial charge >= 0.3 is 0 Å². The van der Waals surface area contributed by atoms with Gasteiger partial charge in [0.15, 0.2) is 0 Å². The van der Waals surface area contributed by atoms with Gasteiger partial charge in [0.2, 0.25) is 0 Å². The van der Waals surface area contributed by atoms with Crippen LogP contribution in [0.2, 0.25) is 0 Å². The highest BCUT2D eigenvalue weighted by molar-refractivity contribution is 8.27. The summed E-state index contributed by atoms with van der Waals surface area (Å²) in [6.45, 7) is 4.40. The average Bonchev–Trinajstić information content (AvgIpc) is 2.40. The van der Waals surface area contributed by atoms with Crippen LogP contribution in [0.3, 0.4) is 0 Å². The fraction of sp³-hybridized carbons (Fsp3) is 1.00. The molecule has 0 rings (SSSR count). The van der Waals surface area contributed by atoms with Crippen LogP contribution in [-0.2, 0) is 24.4 Å². The first-order valence-electron chi connectivity index (χ1n) is 8.65. The van der Waals surface area contributed by atoms with Crippen molar-refractivity contribution in [3.8, 4) is 0 Å². The molecule has 0 spiro atoms. The van der Waals surface area contributed by atoms with Gasteiger partial charge in [0, 0.05) is 11.2 Å². The highest BCUT2D eigenvalue weighted by Gasteiger charge is 2.14. The number of rotatable bonds is 15. The summed E-state index contributed by atoms with van der Waals surface area (Å²) in [5.74, 6) is 0. The van der Waals surface area contributed by atoms with Gasteiger partial charge < -0.3 is 0 Å². The van der Waals surface area contributed by atoms with E-state index in [0.29, 0.717) is 0 Å². The van der Waals surface area contributed by atoms with Crippen LogP contribution in [0.15, 0.2) is 0 Å². The summed E-state index contributed by atoms with van der Waals surface area (Å²) in [7, 11) is -3.49. The van der Waals surface area contributed by atoms with E-state index in [-0.39, 0.29) is 6.10 Å². The molecule has 1 N–H and O–H groups in total. The van der Waals surface area contributed by atoms with Gasteiger partial charge in [0.05, 0.1) is 6.10 Å². The Morgan fingerprint density at radius 1 is 0.857 bits per heavy atom. The van der Waals surface area contributed by atoms with Crippen molar-refractivity contribution >= 4 is 20.2 Å². The Bertz CT molecular complexity index is 315. The third-order valence-corrected chi connectivity index (χ3v) is 4.52. The van der Waals surface area contributed by atoms with Crippen molar-refractivity contribution in [1.29, 1.82) is 0 Å². The predicted molar refractivity (Wildman–Crippen MR) is 94.4 cm³/mol. The van der Waals surface area contributed by atoms with Crippen molar-refractivity contribution in [2.24, 2.45) is 0 Å². The smallest absolute Gasteiger partial charge is 0.266 e. The van der Waals surface area contributed by atoms with Crippen LogP contribution in [-0.4, -0.2) is 14.9 Å². The minimum Gasteiger partial charge on any atom is -0.285 e. The molecule has 0 saturated carbocycles. The van der Waals surface area contributed by atoms with Gasteiger partial charge in [-0.25, -0.2) is 0 Å². The van der Waals surface area contributed by atoms with E-state index < -0.39 is 9.05 Å². The van der Waals surface area contributed by atoms with Gasteiger partial charge in [0.25, 0.3) is 9.05 Å². The van der Waals surface area contributed by atoms with Crippen LogP contribution >= 0.6 is 0 Å². The minimum atomic E-state index is -3.49. The van der Waals surface area contributed by atoms with Gasteiger partial charge in [-0.1, -0.05) is 84.5 Å². The molecule has 128 valence electrons. The zero-order valence-electron chi connectivity index (χ0n) is 13.8. The molecule has 2 unspecified atom stereocenters. The van der Waals surface area contributed by atoms with Crippen molar-refractivity contribution in [2.75, 3.05) is 0 Å². The lowest BCUT2D eigenvalue weighted by Gasteiger charge is -2.16. The maximum atomic E-state index is 11.2. The van der Waals surface area contributed by atoms with Gasteiger partial charge in [-0.05, 0) is 12.8 Å². The van der Waals surface area contributed by atoms with Crippen LogP contribution in [0, 0.1) is 0 Å². The van der Waals surface area contributed by atoms with Crippen molar-refractivity contribution in [3.05, 3.63) is 0 Å². The van der Waals surface area contributed by atoms with Crippen molar-refractivity contribution in [1.82, 2.24) is 0 Å². The van der Waals surface area contributed by atoms with Crippen LogP contribution < -0.4 is 0 Å². The maximum Gasteiger partial charge on any atom is 0.266 e. The summed E-state index contributed by atoms with van der Waals surface area (Å²) in [6, 6.07) is 0. The Kier molecular flexibility index (Phi) is 14.1. The van der Waals surface area contributed by atoms with Crippen molar-refractivity contribution in [2.45, 2.75) is 103 Å². The van der Waals surface area contributed by atoms with E-state index in [2.05, 4.69) is 25.0 Å². The summed E-state index contributed by atoms with van der Waals surface area (Å²) < 4.78 is 25.6. The first-order chi connectivity index (χ1) is 9.99. The second kappa shape index (κ2) is 13.9. The zero-order valence-corrected chi connectivity index (χ0v) is 15.5. The quantitative estimate of drug-likeness (QED) is 0.394. The molecule has 0 aliphatic rings. The fourth-order valence-electron chi connectivity index (χ4n) is 2.54. The molecule has 2 atom stereocenters. The molecule has 0 aromatic rings. The molecule has 0 bridgehead atoms. The molecule has 0 radical (unpaired) electrons. The number of hydrogen-bond acceptors (Lipinski definition) is 3. The molecule has 0 aromatic carbocycles. The average molecular weight is 339 g/mol. The third-order valence-electron chi connectivity index (χ3n) is 3.77. The zero-order chi connectivity index (χ0) is 16.0. The molecule has 3 nitrogen and oxygen atoms in total. The van der Waals surface area contributed by atoms with Gasteiger partial charge in [0.1, 0.15) is 0 Å². The molecule has 5 heteroatoms. The first kappa shape index (κ1) is 21.3. The molecule has 0 aromatic heterocycles. The number of unbranched alkanes of at least 4 members (excludes halogenated alkanes) is 9. The van der Waals surface area contributed by atoms with Gasteiger partial charge in [-0.15, -0.1) is 0 Å². The molecular formula is C16H34O3S2. The Morgan fingerprint density at radius 3 is 1.67 bits per heavy atom. The highest BCUT2D eigenvalue weighted by Crippen LogP contribution is 2.17. The third kappa shape index (κ3) is 16.5. The molecule has 0 fully saturated rings. The minimum absolute atomic E-state index is 0.146. The van der Waals surface area contributed by atoms with Gasteiger partial charge in [-0.3, -0.25) is 8.74 Å². The van der Waals surface area contributed by atoms with E-state index >= 15 is 0 Å². The monoisotopic (exact) mass is 338 g/mol. The summed E-state index contributed by atoms with van der Waals surface area (Å²) >= 11 is 4.47. The predicted octanol–water partition coefficient (Wildman–Crippen LogP) is 5.62. The molecule has 21 heavy (non-hydrogen) atoms. The van der Waals surface area contributed by atoms with Crippen molar-refractivity contribution < 1.29 is 12.9 Å². The van der Waals surface area contributed by atoms with Crippen molar-refractivity contribution in [3.63, 3.8) is 0 Å². The lowest BCUT2D eigenvalue weighted by molar-refractivity contribution is 0.174. The molecular weight excluding hydrogens is 304 g/mol. The Morgan fingerprint density at radius 2 is 1.24 bits per heavy atom. The van der Waals surface area contributed by atoms with Crippen LogP contribution in [0.25, 0.3) is 0 Å². The SMILES string of the molecule is CCCCCCCCCC(CCCCCC)OS(=O)(O)=S. The Balaban J connectivity index is 3.82. The normalized spacial score (nSPS) is 15.8. The summed E-state index contributed by atoms with van der Waals surface area (Å²) in [5.41, 5.74) is 0. The standard InChI is InChI=1S/C16H34O3S2/c1-3-5-7-9-10-11-13-15-16(19-21(17,18)20)14-12-8-6-4-2/h16H,3-15H2,1-2H3,(H,17,18,20). The molecule has 0 amide bonds. The van der Waals surface area contributed by atoms with E-state index in [4.69, 9.17) is 4.18 Å². The molecule has 0 saturated heterocycles. The lowest BCUT2D eigenvalue weighted by Crippen LogP contribution is -2.17. The van der Waals surface area contributed by atoms with E-state index in [9.17, 15) is 8.76 Å². The topological polar surface area (TPSA) is 46.5 Å². The second-order valence-electron chi connectivity index (χ2n) is 5.91. The summed E-state index contributed by atoms with van der Waals surface area (Å²) in [6.07, 6.45) is 14.9. The second-order valence-corrected chi connectivity index (χ2v) is 8.22. The highest BCUT2D eigenvalue weighted by atomic mass is 32.9. The summed E-state index contributed by atoms with van der Waals surface area (Å²) in [5, 5.41) is 0. The summed E-state index contributed by atoms with van der Waals surface area (Å²) in [4.78, 5) is 0. The fourth-order valence-corrected chi connectivity index (χ4v) is 3.41. The maximum absolute atomic E-state index is 11.2. The van der Waals surface area contributed by atoms with Gasteiger partial charge in [-0.2, -0.15) is 4.21 Å². The van der Waals surface area contributed by atoms with E-state index in [1.165, 1.54) is 51.4 Å². The number of hydrogen-bond donors (Lipinski definition) is 1. The Labute approximate surface area is 136 Å². The van der Waals surface area contributed by atoms with Crippen LogP contribution in [0.5, 0.6) is 0 Å². The van der Waals surface area contributed by atoms with E-state index in [0.717, 1.165) is 32.1 Å². The van der Waals surface area contributed by atoms with E-state index in [1.54, 1.807) is 0 Å². The molecule has 0 aliphatic heterocycles. The van der Waals surface area contributed by atoms with E-state index in [1.807, 2.05) is 0 Å². The van der Waals surface area contributed by atoms with Crippen LogP contribution in [0.1, 0.15) is 97.3 Å². The molecule has 0 aliphatic carbocycles. The molecule has 0 heterocycles. The lowest BCUT2D eigenvalue weighted by atomic mass is 10.0. The first-order valence-corrected chi connectivity index (χ1v) is 11.0. The van der Waals surface area contributed by atoms with Crippen LogP contribution in [0.4, 0.5) is 0 Å². The largest absolute Gasteiger partial charge is 0.285 e. The Hall–Kier alpha value is 0.290.